The standard InChI is InChI=1S/C9H15N3S/c1-6-3-2-4-7(5-6)8-11-9(10)13-12-8/h6-7H,2-5H2,1H3,(H2,10,11,12). The van der Waals surface area contributed by atoms with Crippen molar-refractivity contribution in [2.45, 2.75) is 38.5 Å². The maximum absolute atomic E-state index is 5.56. The molecule has 1 aromatic heterocycles. The second-order valence-corrected chi connectivity index (χ2v) is 4.74. The molecule has 3 nitrogen and oxygen atoms in total. The average molecular weight is 197 g/mol. The Hall–Kier alpha value is -0.640. The molecule has 1 aromatic rings. The molecule has 1 fully saturated rings. The van der Waals surface area contributed by atoms with Gasteiger partial charge in [0.25, 0.3) is 0 Å². The molecular weight excluding hydrogens is 182 g/mol. The van der Waals surface area contributed by atoms with Gasteiger partial charge in [-0.1, -0.05) is 19.8 Å². The van der Waals surface area contributed by atoms with E-state index in [9.17, 15) is 0 Å². The molecule has 0 aliphatic heterocycles. The summed E-state index contributed by atoms with van der Waals surface area (Å²) in [5.41, 5.74) is 5.56. The van der Waals surface area contributed by atoms with Crippen molar-refractivity contribution in [2.24, 2.45) is 5.92 Å². The van der Waals surface area contributed by atoms with Crippen molar-refractivity contribution in [2.75, 3.05) is 5.73 Å². The third kappa shape index (κ3) is 1.99. The van der Waals surface area contributed by atoms with E-state index < -0.39 is 0 Å². The first-order chi connectivity index (χ1) is 6.25. The number of aromatic nitrogens is 2. The second kappa shape index (κ2) is 3.62. The van der Waals surface area contributed by atoms with Crippen molar-refractivity contribution in [1.82, 2.24) is 9.36 Å². The zero-order chi connectivity index (χ0) is 9.26. The Kier molecular flexibility index (Phi) is 2.49. The van der Waals surface area contributed by atoms with Crippen LogP contribution in [0.4, 0.5) is 5.13 Å². The van der Waals surface area contributed by atoms with Crippen LogP contribution in [-0.4, -0.2) is 9.36 Å². The highest BCUT2D eigenvalue weighted by molar-refractivity contribution is 7.09. The van der Waals surface area contributed by atoms with Crippen LogP contribution in [0.15, 0.2) is 0 Å². The van der Waals surface area contributed by atoms with Crippen LogP contribution < -0.4 is 5.73 Å². The van der Waals surface area contributed by atoms with E-state index in [4.69, 9.17) is 5.73 Å². The molecule has 2 unspecified atom stereocenters. The quantitative estimate of drug-likeness (QED) is 0.752. The van der Waals surface area contributed by atoms with E-state index in [2.05, 4.69) is 16.3 Å². The fraction of sp³-hybridized carbons (Fsp3) is 0.778. The van der Waals surface area contributed by atoms with Gasteiger partial charge in [-0.15, -0.1) is 0 Å². The number of nitrogens with zero attached hydrogens (tertiary/aromatic N) is 2. The van der Waals surface area contributed by atoms with Crippen LogP contribution >= 0.6 is 11.5 Å². The van der Waals surface area contributed by atoms with Crippen LogP contribution in [-0.2, 0) is 0 Å². The van der Waals surface area contributed by atoms with Gasteiger partial charge in [0.15, 0.2) is 5.13 Å². The van der Waals surface area contributed by atoms with E-state index in [0.29, 0.717) is 11.0 Å². The molecule has 1 aliphatic rings. The predicted octanol–water partition coefficient (Wildman–Crippen LogP) is 2.41. The SMILES string of the molecule is CC1CCCC(c2nsc(N)n2)C1. The molecule has 2 N–H and O–H groups in total. The highest BCUT2D eigenvalue weighted by Crippen LogP contribution is 2.35. The average Bonchev–Trinajstić information content (AvgIpc) is 2.52. The predicted molar refractivity (Wildman–Crippen MR) is 54.7 cm³/mol. The Morgan fingerprint density at radius 2 is 2.31 bits per heavy atom. The molecule has 1 heterocycles. The molecule has 4 heteroatoms. The summed E-state index contributed by atoms with van der Waals surface area (Å²) in [5, 5.41) is 0.605. The highest BCUT2D eigenvalue weighted by atomic mass is 32.1. The number of hydrogen-bond donors (Lipinski definition) is 1. The molecule has 2 atom stereocenters. The van der Waals surface area contributed by atoms with E-state index in [-0.39, 0.29) is 0 Å². The first-order valence-electron chi connectivity index (χ1n) is 4.85. The number of rotatable bonds is 1. The van der Waals surface area contributed by atoms with Gasteiger partial charge in [0, 0.05) is 17.5 Å². The van der Waals surface area contributed by atoms with Crippen LogP contribution in [0.5, 0.6) is 0 Å². The molecule has 1 saturated carbocycles. The lowest BCUT2D eigenvalue weighted by Crippen LogP contribution is -2.12. The summed E-state index contributed by atoms with van der Waals surface area (Å²) in [4.78, 5) is 4.25. The Labute approximate surface area is 82.5 Å². The highest BCUT2D eigenvalue weighted by Gasteiger charge is 2.23. The summed E-state index contributed by atoms with van der Waals surface area (Å²) in [6.07, 6.45) is 5.14. The molecule has 0 aromatic carbocycles. The topological polar surface area (TPSA) is 51.8 Å². The number of nitrogens with two attached hydrogens (primary N) is 1. The smallest absolute Gasteiger partial charge is 0.199 e. The van der Waals surface area contributed by atoms with Gasteiger partial charge in [-0.25, -0.2) is 4.98 Å². The largest absolute Gasteiger partial charge is 0.374 e. The number of nitrogen functional groups attached to an aromatic ring is 1. The van der Waals surface area contributed by atoms with Crippen molar-refractivity contribution < 1.29 is 0 Å². The van der Waals surface area contributed by atoms with Gasteiger partial charge >= 0.3 is 0 Å². The van der Waals surface area contributed by atoms with Gasteiger partial charge in [-0.2, -0.15) is 4.37 Å². The van der Waals surface area contributed by atoms with Crippen molar-refractivity contribution in [3.05, 3.63) is 5.82 Å². The summed E-state index contributed by atoms with van der Waals surface area (Å²) < 4.78 is 4.28. The monoisotopic (exact) mass is 197 g/mol. The maximum atomic E-state index is 5.56. The van der Waals surface area contributed by atoms with Crippen LogP contribution in [0, 0.1) is 5.92 Å². The summed E-state index contributed by atoms with van der Waals surface area (Å²) >= 11 is 1.32. The normalized spacial score (nSPS) is 29.0. The summed E-state index contributed by atoms with van der Waals surface area (Å²) in [5.74, 6) is 2.37. The van der Waals surface area contributed by atoms with E-state index in [1.807, 2.05) is 0 Å². The van der Waals surface area contributed by atoms with E-state index in [1.54, 1.807) is 0 Å². The second-order valence-electron chi connectivity index (χ2n) is 3.96. The molecule has 1 aliphatic carbocycles. The van der Waals surface area contributed by atoms with Gasteiger partial charge in [0.2, 0.25) is 0 Å². The molecule has 0 bridgehead atoms. The molecular formula is C9H15N3S. The van der Waals surface area contributed by atoms with E-state index in [0.717, 1.165) is 11.7 Å². The summed E-state index contributed by atoms with van der Waals surface area (Å²) in [7, 11) is 0. The van der Waals surface area contributed by atoms with E-state index in [1.165, 1.54) is 37.2 Å². The van der Waals surface area contributed by atoms with Gasteiger partial charge in [0.1, 0.15) is 5.82 Å². The van der Waals surface area contributed by atoms with Crippen molar-refractivity contribution in [1.29, 1.82) is 0 Å². The number of hydrogen-bond acceptors (Lipinski definition) is 4. The van der Waals surface area contributed by atoms with Gasteiger partial charge < -0.3 is 5.73 Å². The molecule has 0 spiro atoms. The molecule has 72 valence electrons. The maximum Gasteiger partial charge on any atom is 0.199 e. The van der Waals surface area contributed by atoms with Gasteiger partial charge in [-0.3, -0.25) is 0 Å². The Balaban J connectivity index is 2.08. The minimum Gasteiger partial charge on any atom is -0.374 e. The fourth-order valence-corrected chi connectivity index (χ4v) is 2.59. The summed E-state index contributed by atoms with van der Waals surface area (Å²) in [6, 6.07) is 0. The first-order valence-corrected chi connectivity index (χ1v) is 5.62. The van der Waals surface area contributed by atoms with E-state index >= 15 is 0 Å². The Morgan fingerprint density at radius 3 is 2.92 bits per heavy atom. The van der Waals surface area contributed by atoms with Crippen molar-refractivity contribution in [3.8, 4) is 0 Å². The number of anilines is 1. The van der Waals surface area contributed by atoms with Crippen molar-refractivity contribution in [3.63, 3.8) is 0 Å². The van der Waals surface area contributed by atoms with Crippen LogP contribution in [0.25, 0.3) is 0 Å². The van der Waals surface area contributed by atoms with Gasteiger partial charge in [-0.05, 0) is 18.8 Å². The molecule has 0 radical (unpaired) electrons. The fourth-order valence-electron chi connectivity index (χ4n) is 2.08. The summed E-state index contributed by atoms with van der Waals surface area (Å²) in [6.45, 7) is 2.31. The molecule has 13 heavy (non-hydrogen) atoms. The molecule has 0 saturated heterocycles. The lowest BCUT2D eigenvalue weighted by molar-refractivity contribution is 0.337. The van der Waals surface area contributed by atoms with Gasteiger partial charge in [0.05, 0.1) is 0 Å². The third-order valence-electron chi connectivity index (χ3n) is 2.76. The Morgan fingerprint density at radius 1 is 1.46 bits per heavy atom. The van der Waals surface area contributed by atoms with Crippen LogP contribution in [0.3, 0.4) is 0 Å². The first kappa shape index (κ1) is 8.94. The Bertz CT molecular complexity index is 284. The molecule has 2 rings (SSSR count). The van der Waals surface area contributed by atoms with Crippen molar-refractivity contribution >= 4 is 16.7 Å². The minimum atomic E-state index is 0.567. The minimum absolute atomic E-state index is 0.567. The van der Waals surface area contributed by atoms with Crippen LogP contribution in [0.1, 0.15) is 44.3 Å². The zero-order valence-electron chi connectivity index (χ0n) is 7.86. The zero-order valence-corrected chi connectivity index (χ0v) is 8.68. The lowest BCUT2D eigenvalue weighted by atomic mass is 9.82. The third-order valence-corrected chi connectivity index (χ3v) is 3.32. The van der Waals surface area contributed by atoms with Crippen LogP contribution in [0.2, 0.25) is 0 Å². The molecule has 0 amide bonds. The lowest BCUT2D eigenvalue weighted by Gasteiger charge is -2.24.